The Morgan fingerprint density at radius 3 is 2.38 bits per heavy atom. The highest BCUT2D eigenvalue weighted by Gasteiger charge is 2.23. The van der Waals surface area contributed by atoms with Crippen molar-refractivity contribution in [3.05, 3.63) is 71.2 Å². The van der Waals surface area contributed by atoms with Gasteiger partial charge in [0.2, 0.25) is 0 Å². The zero-order chi connectivity index (χ0) is 20.2. The summed E-state index contributed by atoms with van der Waals surface area (Å²) in [5.74, 6) is 1.52. The molecule has 29 heavy (non-hydrogen) atoms. The van der Waals surface area contributed by atoms with Crippen LogP contribution < -0.4 is 9.64 Å². The molecule has 0 aliphatic carbocycles. The van der Waals surface area contributed by atoms with Crippen LogP contribution in [0.1, 0.15) is 10.4 Å². The number of rotatable bonds is 4. The van der Waals surface area contributed by atoms with Crippen molar-refractivity contribution in [3.8, 4) is 17.0 Å². The van der Waals surface area contributed by atoms with E-state index in [-0.39, 0.29) is 5.91 Å². The van der Waals surface area contributed by atoms with E-state index in [1.54, 1.807) is 13.2 Å². The lowest BCUT2D eigenvalue weighted by Crippen LogP contribution is -2.49. The molecule has 6 nitrogen and oxygen atoms in total. The van der Waals surface area contributed by atoms with E-state index in [0.29, 0.717) is 42.5 Å². The van der Waals surface area contributed by atoms with Crippen molar-refractivity contribution in [1.82, 2.24) is 15.1 Å². The minimum Gasteiger partial charge on any atom is -0.497 e. The van der Waals surface area contributed by atoms with Crippen molar-refractivity contribution in [3.63, 3.8) is 0 Å². The monoisotopic (exact) mass is 408 g/mol. The molecule has 0 radical (unpaired) electrons. The molecule has 0 atom stereocenters. The van der Waals surface area contributed by atoms with Gasteiger partial charge in [0.05, 0.1) is 12.8 Å². The molecule has 0 bridgehead atoms. The van der Waals surface area contributed by atoms with Crippen molar-refractivity contribution in [2.75, 3.05) is 38.2 Å². The number of anilines is 1. The lowest BCUT2D eigenvalue weighted by atomic mass is 10.1. The predicted octanol–water partition coefficient (Wildman–Crippen LogP) is 3.77. The Bertz CT molecular complexity index is 984. The van der Waals surface area contributed by atoms with E-state index in [1.807, 2.05) is 59.5 Å². The molecule has 1 fully saturated rings. The van der Waals surface area contributed by atoms with Crippen LogP contribution in [0.25, 0.3) is 11.3 Å². The molecule has 1 saturated heterocycles. The van der Waals surface area contributed by atoms with Crippen molar-refractivity contribution in [2.24, 2.45) is 0 Å². The van der Waals surface area contributed by atoms with Crippen LogP contribution in [-0.4, -0.2) is 54.3 Å². The molecule has 7 heteroatoms. The molecule has 1 aliphatic heterocycles. The van der Waals surface area contributed by atoms with Crippen LogP contribution >= 0.6 is 11.6 Å². The summed E-state index contributed by atoms with van der Waals surface area (Å²) in [4.78, 5) is 16.8. The SMILES string of the molecule is COc1cccc(C(=O)N2CCN(c3ccc(-c4ccc(Cl)cc4)nn3)CC2)c1. The van der Waals surface area contributed by atoms with Crippen LogP contribution in [0.15, 0.2) is 60.7 Å². The predicted molar refractivity (Wildman–Crippen MR) is 114 cm³/mol. The number of nitrogens with zero attached hydrogens (tertiary/aromatic N) is 4. The van der Waals surface area contributed by atoms with Gasteiger partial charge in [-0.05, 0) is 42.5 Å². The maximum atomic E-state index is 12.8. The zero-order valence-electron chi connectivity index (χ0n) is 16.1. The molecule has 2 heterocycles. The molecule has 1 aromatic heterocycles. The molecular formula is C22H21ClN4O2. The summed E-state index contributed by atoms with van der Waals surface area (Å²) in [5.41, 5.74) is 2.42. The van der Waals surface area contributed by atoms with Gasteiger partial charge in [0.25, 0.3) is 5.91 Å². The quantitative estimate of drug-likeness (QED) is 0.657. The largest absolute Gasteiger partial charge is 0.497 e. The van der Waals surface area contributed by atoms with Crippen LogP contribution in [0.4, 0.5) is 5.82 Å². The second-order valence-corrected chi connectivity index (χ2v) is 7.23. The van der Waals surface area contributed by atoms with Crippen molar-refractivity contribution in [1.29, 1.82) is 0 Å². The number of benzene rings is 2. The number of amides is 1. The second-order valence-electron chi connectivity index (χ2n) is 6.79. The minimum absolute atomic E-state index is 0.0210. The Kier molecular flexibility index (Phi) is 5.62. The van der Waals surface area contributed by atoms with E-state index in [9.17, 15) is 4.79 Å². The normalized spacial score (nSPS) is 14.0. The first kappa shape index (κ1) is 19.2. The summed E-state index contributed by atoms with van der Waals surface area (Å²) >= 11 is 5.94. The summed E-state index contributed by atoms with van der Waals surface area (Å²) in [6.07, 6.45) is 0. The van der Waals surface area contributed by atoms with Gasteiger partial charge in [-0.3, -0.25) is 4.79 Å². The molecule has 0 saturated carbocycles. The molecule has 1 aliphatic rings. The van der Waals surface area contributed by atoms with Gasteiger partial charge in [-0.25, -0.2) is 0 Å². The highest BCUT2D eigenvalue weighted by molar-refractivity contribution is 6.30. The van der Waals surface area contributed by atoms with Gasteiger partial charge in [0.15, 0.2) is 5.82 Å². The molecule has 3 aromatic rings. The van der Waals surface area contributed by atoms with E-state index in [4.69, 9.17) is 16.3 Å². The van der Waals surface area contributed by atoms with E-state index < -0.39 is 0 Å². The first-order valence-electron chi connectivity index (χ1n) is 9.42. The first-order valence-corrected chi connectivity index (χ1v) is 9.80. The molecule has 1 amide bonds. The minimum atomic E-state index is 0.0210. The number of carbonyl (C=O) groups excluding carboxylic acids is 1. The molecule has 2 aromatic carbocycles. The number of methoxy groups -OCH3 is 1. The fraction of sp³-hybridized carbons (Fsp3) is 0.227. The van der Waals surface area contributed by atoms with Gasteiger partial charge < -0.3 is 14.5 Å². The number of aromatic nitrogens is 2. The van der Waals surface area contributed by atoms with Gasteiger partial charge in [-0.15, -0.1) is 10.2 Å². The number of hydrogen-bond acceptors (Lipinski definition) is 5. The lowest BCUT2D eigenvalue weighted by molar-refractivity contribution is 0.0746. The molecular weight excluding hydrogens is 388 g/mol. The topological polar surface area (TPSA) is 58.6 Å². The van der Waals surface area contributed by atoms with Crippen molar-refractivity contribution < 1.29 is 9.53 Å². The Morgan fingerprint density at radius 2 is 1.72 bits per heavy atom. The Morgan fingerprint density at radius 1 is 0.966 bits per heavy atom. The highest BCUT2D eigenvalue weighted by Crippen LogP contribution is 2.22. The van der Waals surface area contributed by atoms with Crippen LogP contribution in [0.3, 0.4) is 0 Å². The van der Waals surface area contributed by atoms with Gasteiger partial charge >= 0.3 is 0 Å². The standard InChI is InChI=1S/C22H21ClN4O2/c1-29-19-4-2-3-17(15-19)22(28)27-13-11-26(12-14-27)21-10-9-20(24-25-21)16-5-7-18(23)8-6-16/h2-10,15H,11-14H2,1H3. The van der Waals surface area contributed by atoms with E-state index in [2.05, 4.69) is 15.1 Å². The number of piperazine rings is 1. The van der Waals surface area contributed by atoms with Crippen LogP contribution in [0, 0.1) is 0 Å². The highest BCUT2D eigenvalue weighted by atomic mass is 35.5. The zero-order valence-corrected chi connectivity index (χ0v) is 16.8. The molecule has 4 rings (SSSR count). The molecule has 0 unspecified atom stereocenters. The van der Waals surface area contributed by atoms with Gasteiger partial charge in [-0.1, -0.05) is 29.8 Å². The fourth-order valence-corrected chi connectivity index (χ4v) is 3.47. The van der Waals surface area contributed by atoms with Crippen LogP contribution in [0.5, 0.6) is 5.75 Å². The fourth-order valence-electron chi connectivity index (χ4n) is 3.35. The van der Waals surface area contributed by atoms with Gasteiger partial charge in [0, 0.05) is 42.3 Å². The van der Waals surface area contributed by atoms with Gasteiger partial charge in [0.1, 0.15) is 5.75 Å². The molecule has 0 spiro atoms. The summed E-state index contributed by atoms with van der Waals surface area (Å²) in [6, 6.07) is 18.7. The third-order valence-corrected chi connectivity index (χ3v) is 5.25. The Hall–Kier alpha value is -3.12. The third-order valence-electron chi connectivity index (χ3n) is 5.00. The number of hydrogen-bond donors (Lipinski definition) is 0. The van der Waals surface area contributed by atoms with Crippen LogP contribution in [0.2, 0.25) is 5.02 Å². The number of halogens is 1. The summed E-state index contributed by atoms with van der Waals surface area (Å²) in [7, 11) is 1.60. The second kappa shape index (κ2) is 8.49. The number of carbonyl (C=O) groups is 1. The average molecular weight is 409 g/mol. The maximum Gasteiger partial charge on any atom is 0.254 e. The van der Waals surface area contributed by atoms with E-state index >= 15 is 0 Å². The molecule has 148 valence electrons. The maximum absolute atomic E-state index is 12.8. The summed E-state index contributed by atoms with van der Waals surface area (Å²) in [6.45, 7) is 2.70. The van der Waals surface area contributed by atoms with Crippen LogP contribution in [-0.2, 0) is 0 Å². The van der Waals surface area contributed by atoms with Gasteiger partial charge in [-0.2, -0.15) is 0 Å². The van der Waals surface area contributed by atoms with Crippen molar-refractivity contribution >= 4 is 23.3 Å². The Labute approximate surface area is 174 Å². The molecule has 0 N–H and O–H groups in total. The number of ether oxygens (including phenoxy) is 1. The third kappa shape index (κ3) is 4.32. The van der Waals surface area contributed by atoms with Crippen molar-refractivity contribution in [2.45, 2.75) is 0 Å². The lowest BCUT2D eigenvalue weighted by Gasteiger charge is -2.35. The summed E-state index contributed by atoms with van der Waals surface area (Å²) in [5, 5.41) is 9.41. The first-order chi connectivity index (χ1) is 14.1. The smallest absolute Gasteiger partial charge is 0.254 e. The summed E-state index contributed by atoms with van der Waals surface area (Å²) < 4.78 is 5.21. The van der Waals surface area contributed by atoms with E-state index in [0.717, 1.165) is 17.1 Å². The average Bonchev–Trinajstić information content (AvgIpc) is 2.79. The Balaban J connectivity index is 1.39. The van der Waals surface area contributed by atoms with E-state index in [1.165, 1.54) is 0 Å².